The molecule has 0 aromatic carbocycles. The Morgan fingerprint density at radius 1 is 1.11 bits per heavy atom. The van der Waals surface area contributed by atoms with Crippen LogP contribution < -0.4 is 5.32 Å². The number of nitrogens with two attached hydrogens (primary N) is 1. The van der Waals surface area contributed by atoms with Crippen molar-refractivity contribution >= 4 is 17.1 Å². The average molecular weight is 387 g/mol. The minimum absolute atomic E-state index is 0.0540. The molecule has 1 saturated heterocycles. The van der Waals surface area contributed by atoms with E-state index in [0.717, 1.165) is 44.2 Å². The van der Waals surface area contributed by atoms with Crippen LogP contribution in [0.25, 0.3) is 0 Å². The van der Waals surface area contributed by atoms with Gasteiger partial charge in [-0.1, -0.05) is 6.42 Å². The molecule has 2 N–H and O–H groups in total. The predicted molar refractivity (Wildman–Crippen MR) is 111 cm³/mol. The van der Waals surface area contributed by atoms with Crippen molar-refractivity contribution in [1.29, 1.82) is 0 Å². The second-order valence-electron chi connectivity index (χ2n) is 10.3. The van der Waals surface area contributed by atoms with Crippen LogP contribution >= 0.6 is 0 Å². The largest absolute Gasteiger partial charge is 0.337 e. The summed E-state index contributed by atoms with van der Waals surface area (Å²) in [6, 6.07) is 0.0540. The molecule has 7 heteroatoms. The zero-order valence-electron chi connectivity index (χ0n) is 17.5. The van der Waals surface area contributed by atoms with Gasteiger partial charge in [0.05, 0.1) is 27.8 Å². The maximum Gasteiger partial charge on any atom is 0.293 e. The van der Waals surface area contributed by atoms with Crippen LogP contribution in [0.3, 0.4) is 0 Å². The molecule has 2 aliphatic carbocycles. The maximum atomic E-state index is 11.8. The van der Waals surface area contributed by atoms with Crippen LogP contribution in [0.5, 0.6) is 0 Å². The third-order valence-electron chi connectivity index (χ3n) is 6.36. The molecule has 4 aliphatic rings. The fourth-order valence-corrected chi connectivity index (χ4v) is 5.71. The monoisotopic (exact) mass is 386 g/mol. The first-order chi connectivity index (χ1) is 13.1. The Morgan fingerprint density at radius 2 is 1.75 bits per heavy atom. The third kappa shape index (κ3) is 3.69. The summed E-state index contributed by atoms with van der Waals surface area (Å²) in [5.41, 5.74) is 1.90. The summed E-state index contributed by atoms with van der Waals surface area (Å²) in [6.07, 6.45) is 9.33. The van der Waals surface area contributed by atoms with Gasteiger partial charge in [0.15, 0.2) is 11.4 Å². The number of hydrogen-bond acceptors (Lipinski definition) is 5. The molecule has 0 amide bonds. The van der Waals surface area contributed by atoms with E-state index in [2.05, 4.69) is 33.0 Å². The number of allylic oxidation sites excluding steroid dienone is 2. The van der Waals surface area contributed by atoms with Crippen LogP contribution in [0, 0.1) is 10.1 Å². The van der Waals surface area contributed by atoms with E-state index in [1.165, 1.54) is 6.42 Å². The highest BCUT2D eigenvalue weighted by Crippen LogP contribution is 2.38. The molecule has 1 spiro atoms. The highest BCUT2D eigenvalue weighted by atomic mass is 16.6. The SMILES string of the molecule is CC1(C)CC(N=C2C([N+](=O)[O-])=CCC3=NC4(CCCCC4)N=C32)CC(C)(C)[NH2+]1. The number of hydrogen-bond donors (Lipinski definition) is 1. The Hall–Kier alpha value is -1.89. The lowest BCUT2D eigenvalue weighted by atomic mass is 9.79. The molecule has 2 fully saturated rings. The molecule has 0 radical (unpaired) electrons. The smallest absolute Gasteiger partial charge is 0.293 e. The van der Waals surface area contributed by atoms with E-state index >= 15 is 0 Å². The quantitative estimate of drug-likeness (QED) is 0.583. The van der Waals surface area contributed by atoms with Gasteiger partial charge in [0.25, 0.3) is 5.70 Å². The molecule has 2 aliphatic heterocycles. The normalized spacial score (nSPS) is 29.9. The van der Waals surface area contributed by atoms with E-state index in [-0.39, 0.29) is 33.4 Å². The number of fused-ring (bicyclic) bond motifs is 1. The fourth-order valence-electron chi connectivity index (χ4n) is 5.71. The Bertz CT molecular complexity index is 797. The number of nitrogens with zero attached hydrogens (tertiary/aromatic N) is 4. The van der Waals surface area contributed by atoms with E-state index in [4.69, 9.17) is 15.0 Å². The van der Waals surface area contributed by atoms with Crippen LogP contribution in [0.15, 0.2) is 26.8 Å². The van der Waals surface area contributed by atoms with Crippen molar-refractivity contribution in [3.8, 4) is 0 Å². The van der Waals surface area contributed by atoms with Gasteiger partial charge in [-0.05, 0) is 53.4 Å². The van der Waals surface area contributed by atoms with Gasteiger partial charge in [-0.2, -0.15) is 0 Å². The summed E-state index contributed by atoms with van der Waals surface area (Å²) in [5.74, 6) is 0. The molecule has 7 nitrogen and oxygen atoms in total. The molecule has 2 heterocycles. The van der Waals surface area contributed by atoms with Gasteiger partial charge in [-0.25, -0.2) is 0 Å². The summed E-state index contributed by atoms with van der Waals surface area (Å²) in [4.78, 5) is 26.4. The summed E-state index contributed by atoms with van der Waals surface area (Å²) >= 11 is 0. The minimum atomic E-state index is -0.386. The molecule has 152 valence electrons. The molecular weight excluding hydrogens is 354 g/mol. The van der Waals surface area contributed by atoms with E-state index < -0.39 is 0 Å². The average Bonchev–Trinajstić information content (AvgIpc) is 2.90. The Balaban J connectivity index is 1.73. The van der Waals surface area contributed by atoms with Crippen molar-refractivity contribution < 1.29 is 10.2 Å². The summed E-state index contributed by atoms with van der Waals surface area (Å²) in [5, 5.41) is 14.2. The van der Waals surface area contributed by atoms with Gasteiger partial charge in [-0.3, -0.25) is 25.1 Å². The standard InChI is InChI=1S/C21H31N5O2/c1-19(2)12-14(13-20(3,4)25-19)22-18-16(26(27)28)9-8-15-17(18)24-21(23-15)10-6-5-7-11-21/h9,14,25H,5-8,10-13H2,1-4H3/p+1. The maximum absolute atomic E-state index is 11.8. The first-order valence-corrected chi connectivity index (χ1v) is 10.6. The molecule has 28 heavy (non-hydrogen) atoms. The van der Waals surface area contributed by atoms with Crippen molar-refractivity contribution in [3.05, 3.63) is 21.9 Å². The second-order valence-corrected chi connectivity index (χ2v) is 10.3. The Kier molecular flexibility index (Phi) is 4.56. The second kappa shape index (κ2) is 6.58. The highest BCUT2D eigenvalue weighted by Gasteiger charge is 2.45. The Morgan fingerprint density at radius 3 is 2.36 bits per heavy atom. The van der Waals surface area contributed by atoms with Crippen molar-refractivity contribution in [2.75, 3.05) is 0 Å². The first kappa shape index (κ1) is 19.4. The van der Waals surface area contributed by atoms with Crippen molar-refractivity contribution in [3.63, 3.8) is 0 Å². The number of nitro groups is 1. The molecule has 4 rings (SSSR count). The number of piperidine rings is 1. The van der Waals surface area contributed by atoms with Gasteiger partial charge >= 0.3 is 0 Å². The topological polar surface area (TPSA) is 96.8 Å². The summed E-state index contributed by atoms with van der Waals surface area (Å²) in [6.45, 7) is 8.90. The summed E-state index contributed by atoms with van der Waals surface area (Å²) in [7, 11) is 0. The first-order valence-electron chi connectivity index (χ1n) is 10.6. The van der Waals surface area contributed by atoms with E-state index in [9.17, 15) is 10.1 Å². The van der Waals surface area contributed by atoms with Gasteiger partial charge in [0.1, 0.15) is 5.71 Å². The van der Waals surface area contributed by atoms with Crippen molar-refractivity contribution in [2.45, 2.75) is 102 Å². The van der Waals surface area contributed by atoms with Gasteiger partial charge in [0.2, 0.25) is 0 Å². The molecular formula is C21H32N5O2+. The highest BCUT2D eigenvalue weighted by molar-refractivity contribution is 6.73. The van der Waals surface area contributed by atoms with Crippen LogP contribution in [-0.4, -0.2) is 44.8 Å². The number of rotatable bonds is 2. The van der Waals surface area contributed by atoms with Gasteiger partial charge < -0.3 is 5.32 Å². The molecule has 0 aromatic rings. The Labute approximate surface area is 166 Å². The summed E-state index contributed by atoms with van der Waals surface area (Å²) < 4.78 is 0. The van der Waals surface area contributed by atoms with E-state index in [1.807, 2.05) is 0 Å². The lowest BCUT2D eigenvalue weighted by molar-refractivity contribution is -0.787. The number of aliphatic imine (C=N–C) groups is 3. The molecule has 0 bridgehead atoms. The minimum Gasteiger partial charge on any atom is -0.337 e. The fraction of sp³-hybridized carbons (Fsp3) is 0.762. The van der Waals surface area contributed by atoms with Crippen LogP contribution in [0.1, 0.15) is 79.1 Å². The molecule has 0 atom stereocenters. The van der Waals surface area contributed by atoms with Crippen LogP contribution in [0.4, 0.5) is 0 Å². The van der Waals surface area contributed by atoms with Crippen molar-refractivity contribution in [1.82, 2.24) is 0 Å². The van der Waals surface area contributed by atoms with Crippen LogP contribution in [-0.2, 0) is 0 Å². The predicted octanol–water partition coefficient (Wildman–Crippen LogP) is 2.83. The van der Waals surface area contributed by atoms with E-state index in [1.54, 1.807) is 6.08 Å². The third-order valence-corrected chi connectivity index (χ3v) is 6.36. The van der Waals surface area contributed by atoms with Crippen LogP contribution in [0.2, 0.25) is 0 Å². The zero-order valence-corrected chi connectivity index (χ0v) is 17.5. The lowest BCUT2D eigenvalue weighted by Gasteiger charge is -2.41. The van der Waals surface area contributed by atoms with Crippen molar-refractivity contribution in [2.24, 2.45) is 15.0 Å². The lowest BCUT2D eigenvalue weighted by Crippen LogP contribution is -3.05. The van der Waals surface area contributed by atoms with Gasteiger partial charge in [0, 0.05) is 25.3 Å². The molecule has 0 unspecified atom stereocenters. The van der Waals surface area contributed by atoms with Gasteiger partial charge in [-0.15, -0.1) is 0 Å². The number of quaternary nitrogens is 1. The zero-order chi connectivity index (χ0) is 20.2. The molecule has 0 aromatic heterocycles. The molecule has 1 saturated carbocycles. The van der Waals surface area contributed by atoms with E-state index in [0.29, 0.717) is 17.8 Å².